The number of hydrogen-bond donors (Lipinski definition) is 0. The Labute approximate surface area is 159 Å². The number of rotatable bonds is 2. The van der Waals surface area contributed by atoms with Gasteiger partial charge in [0.1, 0.15) is 11.6 Å². The highest BCUT2D eigenvalue weighted by Gasteiger charge is 2.34. The zero-order valence-corrected chi connectivity index (χ0v) is 15.7. The number of fused-ring (bicyclic) bond motifs is 1. The second kappa shape index (κ2) is 7.08. The SMILES string of the molecule is Cc1ccccc1C(=S)N1CCC(N2C(=O)OCc3ccccc32)CC1. The van der Waals surface area contributed by atoms with E-state index >= 15 is 0 Å². The third kappa shape index (κ3) is 3.07. The average Bonchev–Trinajstić information content (AvgIpc) is 2.68. The summed E-state index contributed by atoms with van der Waals surface area (Å²) >= 11 is 5.73. The minimum absolute atomic E-state index is 0.153. The maximum absolute atomic E-state index is 12.4. The summed E-state index contributed by atoms with van der Waals surface area (Å²) in [6, 6.07) is 16.4. The summed E-state index contributed by atoms with van der Waals surface area (Å²) in [5.74, 6) is 0. The van der Waals surface area contributed by atoms with Crippen LogP contribution in [0, 0.1) is 6.92 Å². The molecular weight excluding hydrogens is 344 g/mol. The molecule has 0 bridgehead atoms. The quantitative estimate of drug-likeness (QED) is 0.742. The molecular formula is C21H22N2O2S. The van der Waals surface area contributed by atoms with Crippen LogP contribution in [0.5, 0.6) is 0 Å². The van der Waals surface area contributed by atoms with Gasteiger partial charge in [0.2, 0.25) is 0 Å². The lowest BCUT2D eigenvalue weighted by Crippen LogP contribution is -2.50. The van der Waals surface area contributed by atoms with Crippen molar-refractivity contribution in [3.8, 4) is 0 Å². The first-order chi connectivity index (χ1) is 12.6. The van der Waals surface area contributed by atoms with Gasteiger partial charge in [-0.25, -0.2) is 4.79 Å². The van der Waals surface area contributed by atoms with E-state index in [1.54, 1.807) is 0 Å². The molecule has 0 radical (unpaired) electrons. The van der Waals surface area contributed by atoms with Gasteiger partial charge in [-0.2, -0.15) is 0 Å². The third-order valence-electron chi connectivity index (χ3n) is 5.29. The van der Waals surface area contributed by atoms with Crippen molar-refractivity contribution in [2.24, 2.45) is 0 Å². The number of likely N-dealkylation sites (tertiary alicyclic amines) is 1. The molecule has 1 fully saturated rings. The third-order valence-corrected chi connectivity index (χ3v) is 5.77. The fraction of sp³-hybridized carbons (Fsp3) is 0.333. The molecule has 0 spiro atoms. The van der Waals surface area contributed by atoms with Crippen molar-refractivity contribution in [2.45, 2.75) is 32.4 Å². The number of benzene rings is 2. The molecule has 2 aromatic rings. The lowest BCUT2D eigenvalue weighted by atomic mass is 9.99. The molecule has 4 rings (SSSR count). The summed E-state index contributed by atoms with van der Waals surface area (Å²) in [4.78, 5) is 17.4. The summed E-state index contributed by atoms with van der Waals surface area (Å²) < 4.78 is 5.38. The monoisotopic (exact) mass is 366 g/mol. The minimum atomic E-state index is -0.233. The van der Waals surface area contributed by atoms with E-state index in [9.17, 15) is 4.79 Å². The highest BCUT2D eigenvalue weighted by molar-refractivity contribution is 7.80. The van der Waals surface area contributed by atoms with E-state index < -0.39 is 0 Å². The first kappa shape index (κ1) is 17.0. The van der Waals surface area contributed by atoms with Crippen LogP contribution in [0.2, 0.25) is 0 Å². The number of cyclic esters (lactones) is 1. The number of para-hydroxylation sites is 1. The summed E-state index contributed by atoms with van der Waals surface area (Å²) in [7, 11) is 0. The van der Waals surface area contributed by atoms with Crippen LogP contribution in [0.25, 0.3) is 0 Å². The molecule has 2 aliphatic rings. The molecule has 0 aromatic heterocycles. The van der Waals surface area contributed by atoms with Gasteiger partial charge in [-0.05, 0) is 31.4 Å². The second-order valence-corrected chi connectivity index (χ2v) is 7.28. The van der Waals surface area contributed by atoms with E-state index in [1.807, 2.05) is 41.3 Å². The van der Waals surface area contributed by atoms with Crippen LogP contribution < -0.4 is 4.90 Å². The first-order valence-electron chi connectivity index (χ1n) is 9.04. The predicted octanol–water partition coefficient (Wildman–Crippen LogP) is 4.29. The van der Waals surface area contributed by atoms with Crippen molar-refractivity contribution in [3.63, 3.8) is 0 Å². The molecule has 2 aromatic carbocycles. The molecule has 2 heterocycles. The van der Waals surface area contributed by atoms with Gasteiger partial charge in [0.15, 0.2) is 0 Å². The number of aryl methyl sites for hydroxylation is 1. The lowest BCUT2D eigenvalue weighted by molar-refractivity contribution is 0.135. The van der Waals surface area contributed by atoms with Gasteiger partial charge in [0.05, 0.1) is 5.69 Å². The van der Waals surface area contributed by atoms with Gasteiger partial charge in [-0.1, -0.05) is 54.7 Å². The minimum Gasteiger partial charge on any atom is -0.444 e. The molecule has 0 aliphatic carbocycles. The molecule has 0 saturated carbocycles. The van der Waals surface area contributed by atoms with Crippen molar-refractivity contribution in [2.75, 3.05) is 18.0 Å². The Bertz CT molecular complexity index is 843. The zero-order chi connectivity index (χ0) is 18.1. The average molecular weight is 366 g/mol. The molecule has 2 aliphatic heterocycles. The van der Waals surface area contributed by atoms with Gasteiger partial charge < -0.3 is 9.64 Å². The van der Waals surface area contributed by atoms with Crippen LogP contribution in [0.1, 0.15) is 29.5 Å². The maximum Gasteiger partial charge on any atom is 0.414 e. The highest BCUT2D eigenvalue weighted by atomic mass is 32.1. The Hall–Kier alpha value is -2.40. The molecule has 26 heavy (non-hydrogen) atoms. The highest BCUT2D eigenvalue weighted by Crippen LogP contribution is 2.32. The van der Waals surface area contributed by atoms with Crippen molar-refractivity contribution in [1.29, 1.82) is 0 Å². The number of amides is 1. The summed E-state index contributed by atoms with van der Waals surface area (Å²) in [5.41, 5.74) is 4.39. The lowest BCUT2D eigenvalue weighted by Gasteiger charge is -2.41. The van der Waals surface area contributed by atoms with E-state index in [0.717, 1.165) is 47.7 Å². The van der Waals surface area contributed by atoms with E-state index in [4.69, 9.17) is 17.0 Å². The fourth-order valence-corrected chi connectivity index (χ4v) is 4.24. The van der Waals surface area contributed by atoms with Crippen molar-refractivity contribution >= 4 is 29.0 Å². The topological polar surface area (TPSA) is 32.8 Å². The Morgan fingerprint density at radius 3 is 2.54 bits per heavy atom. The normalized spacial score (nSPS) is 17.7. The van der Waals surface area contributed by atoms with Crippen LogP contribution in [0.15, 0.2) is 48.5 Å². The summed E-state index contributed by atoms with van der Waals surface area (Å²) in [5, 5.41) is 0. The molecule has 0 atom stereocenters. The van der Waals surface area contributed by atoms with Gasteiger partial charge in [0, 0.05) is 30.3 Å². The van der Waals surface area contributed by atoms with Gasteiger partial charge in [-0.3, -0.25) is 4.90 Å². The number of nitrogens with zero attached hydrogens (tertiary/aromatic N) is 2. The Balaban J connectivity index is 1.48. The van der Waals surface area contributed by atoms with Gasteiger partial charge in [-0.15, -0.1) is 0 Å². The number of anilines is 1. The fourth-order valence-electron chi connectivity index (χ4n) is 3.83. The molecule has 1 saturated heterocycles. The number of hydrogen-bond acceptors (Lipinski definition) is 3. The zero-order valence-electron chi connectivity index (χ0n) is 14.9. The van der Waals surface area contributed by atoms with E-state index in [1.165, 1.54) is 5.56 Å². The number of carbonyl (C=O) groups is 1. The number of thiocarbonyl (C=S) groups is 1. The first-order valence-corrected chi connectivity index (χ1v) is 9.45. The van der Waals surface area contributed by atoms with E-state index in [2.05, 4.69) is 24.0 Å². The van der Waals surface area contributed by atoms with Crippen molar-refractivity contribution in [1.82, 2.24) is 4.90 Å². The number of piperidine rings is 1. The molecule has 0 unspecified atom stereocenters. The largest absolute Gasteiger partial charge is 0.444 e. The molecule has 4 nitrogen and oxygen atoms in total. The maximum atomic E-state index is 12.4. The standard InChI is InChI=1S/C21H22N2O2S/c1-15-6-2-4-8-18(15)20(26)22-12-10-17(11-13-22)23-19-9-5-3-7-16(19)14-25-21(23)24/h2-9,17H,10-14H2,1H3. The molecule has 0 N–H and O–H groups in total. The predicted molar refractivity (Wildman–Crippen MR) is 107 cm³/mol. The van der Waals surface area contributed by atoms with Crippen molar-refractivity contribution in [3.05, 3.63) is 65.2 Å². The summed E-state index contributed by atoms with van der Waals surface area (Å²) in [6.07, 6.45) is 1.54. The van der Waals surface area contributed by atoms with Gasteiger partial charge >= 0.3 is 6.09 Å². The Morgan fingerprint density at radius 2 is 1.77 bits per heavy atom. The Morgan fingerprint density at radius 1 is 1.08 bits per heavy atom. The van der Waals surface area contributed by atoms with Crippen LogP contribution in [-0.4, -0.2) is 35.1 Å². The second-order valence-electron chi connectivity index (χ2n) is 6.89. The van der Waals surface area contributed by atoms with Crippen molar-refractivity contribution < 1.29 is 9.53 Å². The van der Waals surface area contributed by atoms with Crippen LogP contribution in [0.4, 0.5) is 10.5 Å². The van der Waals surface area contributed by atoms with Crippen LogP contribution >= 0.6 is 12.2 Å². The van der Waals surface area contributed by atoms with E-state index in [-0.39, 0.29) is 12.1 Å². The van der Waals surface area contributed by atoms with Gasteiger partial charge in [0.25, 0.3) is 0 Å². The Kier molecular flexibility index (Phi) is 4.64. The van der Waals surface area contributed by atoms with Crippen LogP contribution in [0.3, 0.4) is 0 Å². The molecule has 5 heteroatoms. The van der Waals surface area contributed by atoms with Crippen LogP contribution in [-0.2, 0) is 11.3 Å². The number of ether oxygens (including phenoxy) is 1. The molecule has 1 amide bonds. The van der Waals surface area contributed by atoms with E-state index in [0.29, 0.717) is 6.61 Å². The number of carbonyl (C=O) groups excluding carboxylic acids is 1. The molecule has 134 valence electrons. The smallest absolute Gasteiger partial charge is 0.414 e. The summed E-state index contributed by atoms with van der Waals surface area (Å²) in [6.45, 7) is 4.16.